The molecule has 0 aliphatic heterocycles. The first-order valence-corrected chi connectivity index (χ1v) is 11.7. The minimum Gasteiger partial charge on any atom is -0.494 e. The molecule has 0 saturated carbocycles. The Bertz CT molecular complexity index is 809. The number of nitrogens with two attached hydrogens (primary N) is 1. The number of unbranched alkanes of at least 4 members (excludes halogenated alkanes) is 2. The highest BCUT2D eigenvalue weighted by molar-refractivity contribution is 5.81. The van der Waals surface area contributed by atoms with Crippen LogP contribution in [0.1, 0.15) is 57.9 Å². The normalized spacial score (nSPS) is 11.8. The minimum atomic E-state index is -0.169. The maximum atomic E-state index is 12.5. The third-order valence-electron chi connectivity index (χ3n) is 5.10. The van der Waals surface area contributed by atoms with E-state index in [0.717, 1.165) is 56.4 Å². The maximum absolute atomic E-state index is 12.5. The molecule has 1 amide bonds. The maximum Gasteiger partial charge on any atom is 0.241 e. The summed E-state index contributed by atoms with van der Waals surface area (Å²) >= 11 is 0. The van der Waals surface area contributed by atoms with Gasteiger partial charge in [-0.1, -0.05) is 45.2 Å². The fraction of sp³-hybridized carbons (Fsp3) is 0.609. The minimum absolute atomic E-state index is 0.0940. The summed E-state index contributed by atoms with van der Waals surface area (Å²) < 4.78 is 7.51. The Labute approximate surface area is 191 Å². The van der Waals surface area contributed by atoms with E-state index in [-0.39, 0.29) is 17.9 Å². The fourth-order valence-electron chi connectivity index (χ4n) is 3.25. The molecule has 0 radical (unpaired) electrons. The van der Waals surface area contributed by atoms with Crippen LogP contribution in [-0.4, -0.2) is 46.4 Å². The van der Waals surface area contributed by atoms with Gasteiger partial charge in [-0.25, -0.2) is 4.68 Å². The number of aromatic nitrogens is 3. The molecule has 1 atom stereocenters. The van der Waals surface area contributed by atoms with E-state index >= 15 is 0 Å². The number of nitrogens with one attached hydrogen (secondary N) is 3. The number of carbonyl (C=O) groups is 1. The first-order chi connectivity index (χ1) is 15.5. The first-order valence-electron chi connectivity index (χ1n) is 11.7. The van der Waals surface area contributed by atoms with Gasteiger partial charge in [-0.2, -0.15) is 4.98 Å². The molecular weight excluding hydrogens is 406 g/mol. The quantitative estimate of drug-likeness (QED) is 0.293. The van der Waals surface area contributed by atoms with Gasteiger partial charge in [-0.3, -0.25) is 4.79 Å². The predicted molar refractivity (Wildman–Crippen MR) is 129 cm³/mol. The van der Waals surface area contributed by atoms with E-state index in [1.165, 1.54) is 0 Å². The summed E-state index contributed by atoms with van der Waals surface area (Å²) in [7, 11) is 1.80. The van der Waals surface area contributed by atoms with E-state index in [2.05, 4.69) is 39.9 Å². The number of benzene rings is 1. The van der Waals surface area contributed by atoms with E-state index in [1.807, 2.05) is 24.3 Å². The monoisotopic (exact) mass is 445 g/mol. The molecule has 0 saturated heterocycles. The second-order valence-electron chi connectivity index (χ2n) is 7.91. The molecule has 2 rings (SSSR count). The molecule has 1 unspecified atom stereocenters. The van der Waals surface area contributed by atoms with E-state index in [9.17, 15) is 4.79 Å². The Hall–Kier alpha value is -2.81. The summed E-state index contributed by atoms with van der Waals surface area (Å²) in [6.45, 7) is 6.92. The molecule has 9 nitrogen and oxygen atoms in total. The van der Waals surface area contributed by atoms with Crippen LogP contribution in [-0.2, 0) is 18.4 Å². The van der Waals surface area contributed by atoms with Crippen molar-refractivity contribution in [2.45, 2.75) is 65.0 Å². The molecule has 32 heavy (non-hydrogen) atoms. The number of amides is 1. The number of hydrogen-bond donors (Lipinski definition) is 4. The molecule has 9 heteroatoms. The Morgan fingerprint density at radius 2 is 2.00 bits per heavy atom. The van der Waals surface area contributed by atoms with Gasteiger partial charge in [0.25, 0.3) is 0 Å². The predicted octanol–water partition coefficient (Wildman–Crippen LogP) is 2.84. The average Bonchev–Trinajstić information content (AvgIpc) is 3.10. The Kier molecular flexibility index (Phi) is 11.4. The second kappa shape index (κ2) is 14.3. The number of rotatable bonds is 16. The Morgan fingerprint density at radius 3 is 2.72 bits per heavy atom. The van der Waals surface area contributed by atoms with Gasteiger partial charge >= 0.3 is 0 Å². The summed E-state index contributed by atoms with van der Waals surface area (Å²) in [5.74, 6) is 1.82. The van der Waals surface area contributed by atoms with Gasteiger partial charge in [0.1, 0.15) is 5.75 Å². The number of aryl methyl sites for hydroxylation is 1. The average molecular weight is 446 g/mol. The highest BCUT2D eigenvalue weighted by Gasteiger charge is 2.16. The molecule has 1 aromatic carbocycles. The third-order valence-corrected chi connectivity index (χ3v) is 5.10. The zero-order valence-corrected chi connectivity index (χ0v) is 19.7. The zero-order chi connectivity index (χ0) is 23.2. The standard InChI is InChI=1S/C23H39N7O2/c1-4-6-12-20(21(31)25-13-7-5-2)27-17-18-10-8-11-19(16-18)32-15-9-14-26-23-28-22(24)29-30(23)3/h8,10-11,16,20,27H,4-7,9,12-15,17H2,1-3H3,(H,25,31)(H3,24,26,28,29). The van der Waals surface area contributed by atoms with Crippen LogP contribution in [0.15, 0.2) is 24.3 Å². The van der Waals surface area contributed by atoms with Crippen LogP contribution >= 0.6 is 0 Å². The highest BCUT2D eigenvalue weighted by atomic mass is 16.5. The van der Waals surface area contributed by atoms with Gasteiger partial charge in [0, 0.05) is 26.7 Å². The third kappa shape index (κ3) is 9.13. The van der Waals surface area contributed by atoms with E-state index in [1.54, 1.807) is 11.7 Å². The molecule has 1 heterocycles. The topological polar surface area (TPSA) is 119 Å². The molecular formula is C23H39N7O2. The zero-order valence-electron chi connectivity index (χ0n) is 19.7. The summed E-state index contributed by atoms with van der Waals surface area (Å²) in [6, 6.07) is 7.83. The summed E-state index contributed by atoms with van der Waals surface area (Å²) in [6.07, 6.45) is 5.83. The lowest BCUT2D eigenvalue weighted by Gasteiger charge is -2.18. The van der Waals surface area contributed by atoms with Gasteiger partial charge in [-0.15, -0.1) is 5.10 Å². The van der Waals surface area contributed by atoms with Gasteiger partial charge in [0.05, 0.1) is 12.6 Å². The van der Waals surface area contributed by atoms with Crippen LogP contribution in [0.2, 0.25) is 0 Å². The van der Waals surface area contributed by atoms with Crippen LogP contribution in [0, 0.1) is 0 Å². The molecule has 5 N–H and O–H groups in total. The van der Waals surface area contributed by atoms with Gasteiger partial charge in [0.2, 0.25) is 17.8 Å². The van der Waals surface area contributed by atoms with Crippen molar-refractivity contribution < 1.29 is 9.53 Å². The van der Waals surface area contributed by atoms with Crippen LogP contribution < -0.4 is 26.4 Å². The highest BCUT2D eigenvalue weighted by Crippen LogP contribution is 2.14. The smallest absolute Gasteiger partial charge is 0.241 e. The first kappa shape index (κ1) is 25.5. The lowest BCUT2D eigenvalue weighted by atomic mass is 10.1. The van der Waals surface area contributed by atoms with Crippen molar-refractivity contribution in [3.8, 4) is 5.75 Å². The van der Waals surface area contributed by atoms with Gasteiger partial charge < -0.3 is 26.4 Å². The molecule has 0 fully saturated rings. The largest absolute Gasteiger partial charge is 0.494 e. The van der Waals surface area contributed by atoms with E-state index in [4.69, 9.17) is 10.5 Å². The number of hydrogen-bond acceptors (Lipinski definition) is 7. The Balaban J connectivity index is 1.76. The number of nitrogens with zero attached hydrogens (tertiary/aromatic N) is 3. The number of carbonyl (C=O) groups excluding carboxylic acids is 1. The Morgan fingerprint density at radius 1 is 1.19 bits per heavy atom. The molecule has 0 bridgehead atoms. The van der Waals surface area contributed by atoms with Gasteiger partial charge in [0.15, 0.2) is 0 Å². The summed E-state index contributed by atoms with van der Waals surface area (Å²) in [4.78, 5) is 16.6. The van der Waals surface area contributed by atoms with Crippen molar-refractivity contribution in [2.24, 2.45) is 7.05 Å². The molecule has 0 spiro atoms. The van der Waals surface area contributed by atoms with E-state index in [0.29, 0.717) is 25.6 Å². The van der Waals surface area contributed by atoms with Crippen LogP contribution in [0.3, 0.4) is 0 Å². The van der Waals surface area contributed by atoms with Crippen LogP contribution in [0.5, 0.6) is 5.75 Å². The molecule has 178 valence electrons. The van der Waals surface area contributed by atoms with Crippen LogP contribution in [0.25, 0.3) is 0 Å². The lowest BCUT2D eigenvalue weighted by Crippen LogP contribution is -2.44. The number of nitrogen functional groups attached to an aromatic ring is 1. The van der Waals surface area contributed by atoms with Crippen molar-refractivity contribution in [1.82, 2.24) is 25.4 Å². The molecule has 2 aromatic rings. The van der Waals surface area contributed by atoms with Crippen molar-refractivity contribution in [2.75, 3.05) is 30.7 Å². The summed E-state index contributed by atoms with van der Waals surface area (Å²) in [5, 5.41) is 13.7. The second-order valence-corrected chi connectivity index (χ2v) is 7.91. The van der Waals surface area contributed by atoms with Crippen molar-refractivity contribution in [3.05, 3.63) is 29.8 Å². The number of ether oxygens (including phenoxy) is 1. The summed E-state index contributed by atoms with van der Waals surface area (Å²) in [5.41, 5.74) is 6.67. The molecule has 0 aliphatic rings. The van der Waals surface area contributed by atoms with E-state index < -0.39 is 0 Å². The van der Waals surface area contributed by atoms with Crippen molar-refractivity contribution in [3.63, 3.8) is 0 Å². The van der Waals surface area contributed by atoms with Crippen molar-refractivity contribution in [1.29, 1.82) is 0 Å². The van der Waals surface area contributed by atoms with Crippen LogP contribution in [0.4, 0.5) is 11.9 Å². The van der Waals surface area contributed by atoms with Crippen molar-refractivity contribution >= 4 is 17.8 Å². The number of anilines is 2. The van der Waals surface area contributed by atoms with Gasteiger partial charge in [-0.05, 0) is 37.0 Å². The SMILES string of the molecule is CCCCNC(=O)C(CCCC)NCc1cccc(OCCCNc2nc(N)nn2C)c1. The molecule has 1 aromatic heterocycles. The lowest BCUT2D eigenvalue weighted by molar-refractivity contribution is -0.123. The molecule has 0 aliphatic carbocycles. The fourth-order valence-corrected chi connectivity index (χ4v) is 3.25.